The Balaban J connectivity index is 0.000000593. The zero-order valence-corrected chi connectivity index (χ0v) is 21.6. The van der Waals surface area contributed by atoms with Crippen LogP contribution < -0.4 is 22.1 Å². The molecule has 3 rings (SSSR count). The van der Waals surface area contributed by atoms with Gasteiger partial charge in [0, 0.05) is 12.1 Å². The number of carbonyl (C=O) groups excluding carboxylic acids is 1. The van der Waals surface area contributed by atoms with Gasteiger partial charge >= 0.3 is 0 Å². The lowest BCUT2D eigenvalue weighted by Crippen LogP contribution is -2.13. The Labute approximate surface area is 205 Å². The molecule has 0 saturated heterocycles. The fourth-order valence-corrected chi connectivity index (χ4v) is 3.61. The van der Waals surface area contributed by atoms with E-state index in [4.69, 9.17) is 23.1 Å². The molecule has 1 atom stereocenters. The Bertz CT molecular complexity index is 983. The predicted octanol–water partition coefficient (Wildman–Crippen LogP) is 5.94. The van der Waals surface area contributed by atoms with Crippen molar-refractivity contribution in [2.24, 2.45) is 5.73 Å². The second kappa shape index (κ2) is 14.4. The number of para-hydroxylation sites is 1. The minimum absolute atomic E-state index is 0.278. The van der Waals surface area contributed by atoms with Crippen LogP contribution in [0.2, 0.25) is 5.02 Å². The first-order valence-electron chi connectivity index (χ1n) is 10.9. The number of hydrogen-bond donors (Lipinski definition) is 4. The second-order valence-corrected chi connectivity index (χ2v) is 8.47. The first-order valence-corrected chi connectivity index (χ1v) is 12.0. The highest BCUT2D eigenvalue weighted by Crippen LogP contribution is 2.28. The highest BCUT2D eigenvalue weighted by Gasteiger charge is 2.14. The summed E-state index contributed by atoms with van der Waals surface area (Å²) in [5, 5.41) is 6.85. The third-order valence-corrected chi connectivity index (χ3v) is 5.25. The largest absolute Gasteiger partial charge is 0.384 e. The van der Waals surface area contributed by atoms with Gasteiger partial charge in [0.1, 0.15) is 22.3 Å². The third kappa shape index (κ3) is 9.73. The minimum atomic E-state index is -0.278. The van der Waals surface area contributed by atoms with Crippen molar-refractivity contribution in [3.05, 3.63) is 51.7 Å². The van der Waals surface area contributed by atoms with E-state index in [0.29, 0.717) is 44.2 Å². The number of halogens is 1. The topological polar surface area (TPSA) is 132 Å². The number of thiazole rings is 1. The number of rotatable bonds is 6. The van der Waals surface area contributed by atoms with Crippen LogP contribution in [0, 0.1) is 13.8 Å². The van der Waals surface area contributed by atoms with E-state index in [9.17, 15) is 4.79 Å². The zero-order valence-electron chi connectivity index (χ0n) is 20.1. The molecule has 180 valence electrons. The summed E-state index contributed by atoms with van der Waals surface area (Å²) in [4.78, 5) is 25.3. The first kappa shape index (κ1) is 28.3. The molecule has 8 nitrogen and oxygen atoms in total. The number of benzene rings is 1. The van der Waals surface area contributed by atoms with Gasteiger partial charge in [-0.25, -0.2) is 15.0 Å². The molecule has 1 aromatic carbocycles. The van der Waals surface area contributed by atoms with Gasteiger partial charge in [-0.2, -0.15) is 0 Å². The van der Waals surface area contributed by atoms with Gasteiger partial charge in [-0.05, 0) is 38.8 Å². The number of aromatic nitrogens is 3. The zero-order chi connectivity index (χ0) is 25.0. The fourth-order valence-electron chi connectivity index (χ4n) is 2.62. The maximum atomic E-state index is 12.4. The van der Waals surface area contributed by atoms with E-state index >= 15 is 0 Å². The standard InChI is InChI=1S/C16H15ClN6OS.C5H13N.C2H6/c1-8-4-3-5-10(17)14(8)23-15(24)11-7-19-16(25-11)22-13-6-12(18)20-9(2)21-13;1-3-4-5(2)6;1-2/h3-7H,1-2H3,(H,23,24)(H3,18,19,20,21,22);5H,3-4,6H2,1-2H3;1-2H3. The van der Waals surface area contributed by atoms with Crippen molar-refractivity contribution in [1.82, 2.24) is 15.0 Å². The Hall–Kier alpha value is -2.75. The molecule has 0 radical (unpaired) electrons. The Morgan fingerprint density at radius 2 is 1.94 bits per heavy atom. The number of nitrogens with two attached hydrogens (primary N) is 2. The van der Waals surface area contributed by atoms with Crippen LogP contribution in [0.4, 0.5) is 22.5 Å². The van der Waals surface area contributed by atoms with Crippen LogP contribution in [0.15, 0.2) is 30.5 Å². The number of nitrogen functional groups attached to an aromatic ring is 1. The maximum absolute atomic E-state index is 12.4. The van der Waals surface area contributed by atoms with Gasteiger partial charge in [0.15, 0.2) is 5.13 Å². The number of aryl methyl sites for hydroxylation is 2. The Morgan fingerprint density at radius 1 is 1.24 bits per heavy atom. The van der Waals surface area contributed by atoms with Crippen LogP contribution in [0.25, 0.3) is 0 Å². The van der Waals surface area contributed by atoms with E-state index in [1.165, 1.54) is 24.0 Å². The summed E-state index contributed by atoms with van der Waals surface area (Å²) in [7, 11) is 0. The van der Waals surface area contributed by atoms with Gasteiger partial charge in [-0.3, -0.25) is 4.79 Å². The number of nitrogens with zero attached hydrogens (tertiary/aromatic N) is 3. The molecule has 6 N–H and O–H groups in total. The van der Waals surface area contributed by atoms with Crippen LogP contribution in [0.1, 0.15) is 61.6 Å². The summed E-state index contributed by atoms with van der Waals surface area (Å²) >= 11 is 7.34. The second-order valence-electron chi connectivity index (χ2n) is 7.03. The lowest BCUT2D eigenvalue weighted by atomic mass is 10.2. The van der Waals surface area contributed by atoms with Crippen molar-refractivity contribution in [2.75, 3.05) is 16.4 Å². The van der Waals surface area contributed by atoms with E-state index in [0.717, 1.165) is 12.0 Å². The van der Waals surface area contributed by atoms with Crippen LogP contribution in [-0.4, -0.2) is 26.9 Å². The van der Waals surface area contributed by atoms with E-state index in [-0.39, 0.29) is 5.91 Å². The highest BCUT2D eigenvalue weighted by molar-refractivity contribution is 7.17. The highest BCUT2D eigenvalue weighted by atomic mass is 35.5. The van der Waals surface area contributed by atoms with E-state index in [1.807, 2.05) is 39.8 Å². The summed E-state index contributed by atoms with van der Waals surface area (Å²) in [6, 6.07) is 7.43. The third-order valence-electron chi connectivity index (χ3n) is 4.03. The van der Waals surface area contributed by atoms with Crippen LogP contribution in [0.3, 0.4) is 0 Å². The van der Waals surface area contributed by atoms with Crippen molar-refractivity contribution in [3.8, 4) is 0 Å². The molecule has 33 heavy (non-hydrogen) atoms. The van der Waals surface area contributed by atoms with Gasteiger partial charge in [0.25, 0.3) is 5.91 Å². The summed E-state index contributed by atoms with van der Waals surface area (Å²) in [5.74, 6) is 1.15. The van der Waals surface area contributed by atoms with Crippen LogP contribution in [0.5, 0.6) is 0 Å². The molecule has 0 fully saturated rings. The van der Waals surface area contributed by atoms with Crippen molar-refractivity contribution in [1.29, 1.82) is 0 Å². The monoisotopic (exact) mass is 491 g/mol. The number of amides is 1. The number of nitrogens with one attached hydrogen (secondary N) is 2. The molecule has 0 aliphatic rings. The number of anilines is 4. The normalized spacial score (nSPS) is 10.8. The van der Waals surface area contributed by atoms with Crippen LogP contribution >= 0.6 is 22.9 Å². The Kier molecular flexibility index (Phi) is 12.3. The minimum Gasteiger partial charge on any atom is -0.384 e. The van der Waals surface area contributed by atoms with E-state index in [2.05, 4.69) is 32.5 Å². The molecule has 0 spiro atoms. The van der Waals surface area contributed by atoms with E-state index in [1.54, 1.807) is 19.1 Å². The molecule has 0 bridgehead atoms. The van der Waals surface area contributed by atoms with Crippen molar-refractivity contribution < 1.29 is 4.79 Å². The summed E-state index contributed by atoms with van der Waals surface area (Å²) in [5.41, 5.74) is 12.6. The van der Waals surface area contributed by atoms with Gasteiger partial charge < -0.3 is 22.1 Å². The number of hydrogen-bond acceptors (Lipinski definition) is 8. The lowest BCUT2D eigenvalue weighted by Gasteiger charge is -2.08. The lowest BCUT2D eigenvalue weighted by molar-refractivity contribution is 0.103. The smallest absolute Gasteiger partial charge is 0.267 e. The molecule has 3 aromatic rings. The number of carbonyl (C=O) groups is 1. The molecule has 0 aliphatic carbocycles. The van der Waals surface area contributed by atoms with Crippen molar-refractivity contribution in [3.63, 3.8) is 0 Å². The average Bonchev–Trinajstić information content (AvgIpc) is 3.20. The van der Waals surface area contributed by atoms with Gasteiger partial charge in [-0.15, -0.1) is 0 Å². The molecule has 0 aliphatic heterocycles. The SMILES string of the molecule is CC.CCCC(C)N.Cc1nc(N)cc(Nc2ncc(C(=O)Nc3c(C)cccc3Cl)s2)n1. The molecule has 2 aromatic heterocycles. The predicted molar refractivity (Wildman–Crippen MR) is 141 cm³/mol. The van der Waals surface area contributed by atoms with Crippen LogP contribution in [-0.2, 0) is 0 Å². The molecule has 2 heterocycles. The van der Waals surface area contributed by atoms with Crippen molar-refractivity contribution in [2.45, 2.75) is 60.4 Å². The fraction of sp³-hybridized carbons (Fsp3) is 0.391. The van der Waals surface area contributed by atoms with E-state index < -0.39 is 0 Å². The van der Waals surface area contributed by atoms with Gasteiger partial charge in [0.2, 0.25) is 0 Å². The summed E-state index contributed by atoms with van der Waals surface area (Å²) in [6.07, 6.45) is 3.85. The molecule has 1 amide bonds. The first-order chi connectivity index (χ1) is 15.7. The molecular weight excluding hydrogens is 458 g/mol. The summed E-state index contributed by atoms with van der Waals surface area (Å²) in [6.45, 7) is 11.8. The van der Waals surface area contributed by atoms with Gasteiger partial charge in [0.05, 0.1) is 16.9 Å². The maximum Gasteiger partial charge on any atom is 0.267 e. The molecule has 1 unspecified atom stereocenters. The average molecular weight is 492 g/mol. The van der Waals surface area contributed by atoms with Gasteiger partial charge in [-0.1, -0.05) is 62.3 Å². The molecule has 0 saturated carbocycles. The summed E-state index contributed by atoms with van der Waals surface area (Å²) < 4.78 is 0. The van der Waals surface area contributed by atoms with Crippen molar-refractivity contribution >= 4 is 51.3 Å². The molecule has 10 heteroatoms. The Morgan fingerprint density at radius 3 is 2.48 bits per heavy atom. The molecular formula is C23H34ClN7OS. The quantitative estimate of drug-likeness (QED) is 0.335.